The zero-order valence-electron chi connectivity index (χ0n) is 11.0. The highest BCUT2D eigenvalue weighted by atomic mass is 16.5. The predicted molar refractivity (Wildman–Crippen MR) is 75.6 cm³/mol. The average molecular weight is 269 g/mol. The van der Waals surface area contributed by atoms with E-state index in [1.165, 1.54) is 36.6 Å². The molecule has 1 aliphatic carbocycles. The first-order chi connectivity index (χ1) is 9.81. The molecule has 1 aliphatic rings. The molecule has 4 rings (SSSR count). The van der Waals surface area contributed by atoms with Gasteiger partial charge in [-0.05, 0) is 30.4 Å². The third-order valence-electron chi connectivity index (χ3n) is 4.16. The van der Waals surface area contributed by atoms with Crippen LogP contribution in [-0.4, -0.2) is 14.7 Å². The highest BCUT2D eigenvalue weighted by Gasteiger charge is 2.18. The number of rotatable bonds is 2. The molecule has 0 radical (unpaired) electrons. The summed E-state index contributed by atoms with van der Waals surface area (Å²) < 4.78 is 6.93. The molecule has 0 amide bonds. The van der Waals surface area contributed by atoms with Crippen molar-refractivity contribution in [2.24, 2.45) is 0 Å². The van der Waals surface area contributed by atoms with Crippen LogP contribution in [0.15, 0.2) is 39.8 Å². The molecule has 3 aromatic rings. The molecule has 1 saturated carbocycles. The molecule has 20 heavy (non-hydrogen) atoms. The Morgan fingerprint density at radius 2 is 2.10 bits per heavy atom. The van der Waals surface area contributed by atoms with Gasteiger partial charge in [0.2, 0.25) is 0 Å². The molecular formula is C15H15N3O2. The van der Waals surface area contributed by atoms with Gasteiger partial charge in [-0.15, -0.1) is 0 Å². The van der Waals surface area contributed by atoms with Crippen LogP contribution in [-0.2, 0) is 0 Å². The summed E-state index contributed by atoms with van der Waals surface area (Å²) in [5.41, 5.74) is 2.07. The van der Waals surface area contributed by atoms with Crippen molar-refractivity contribution < 1.29 is 4.52 Å². The molecule has 102 valence electrons. The van der Waals surface area contributed by atoms with Gasteiger partial charge in [0.1, 0.15) is 0 Å². The lowest BCUT2D eigenvalue weighted by Gasteiger charge is -2.13. The number of fused-ring (bicyclic) bond motifs is 1. The average Bonchev–Trinajstić information content (AvgIpc) is 3.17. The van der Waals surface area contributed by atoms with E-state index in [4.69, 9.17) is 0 Å². The molecule has 0 unspecified atom stereocenters. The Balaban J connectivity index is 1.84. The van der Waals surface area contributed by atoms with Crippen LogP contribution in [0.25, 0.3) is 22.3 Å². The lowest BCUT2D eigenvalue weighted by Crippen LogP contribution is -2.02. The summed E-state index contributed by atoms with van der Waals surface area (Å²) in [5, 5.41) is 4.97. The van der Waals surface area contributed by atoms with E-state index in [1.54, 1.807) is 0 Å². The molecule has 0 aliphatic heterocycles. The van der Waals surface area contributed by atoms with E-state index in [9.17, 15) is 4.79 Å². The minimum absolute atomic E-state index is 0.482. The van der Waals surface area contributed by atoms with Gasteiger partial charge in [-0.1, -0.05) is 30.1 Å². The monoisotopic (exact) mass is 269 g/mol. The normalized spacial score (nSPS) is 16.2. The van der Waals surface area contributed by atoms with Gasteiger partial charge in [0.05, 0.1) is 0 Å². The Morgan fingerprint density at radius 1 is 1.25 bits per heavy atom. The molecule has 0 saturated heterocycles. The standard InChI is InChI=1S/C15H15N3O2/c19-15-16-14(17-20-15)11-6-5-10-7-8-18(13(10)9-11)12-3-1-2-4-12/h5-9,12H,1-4H2,(H,16,17,19). The van der Waals surface area contributed by atoms with Crippen molar-refractivity contribution in [3.05, 3.63) is 41.0 Å². The van der Waals surface area contributed by atoms with Crippen LogP contribution in [0.4, 0.5) is 0 Å². The topological polar surface area (TPSA) is 63.8 Å². The van der Waals surface area contributed by atoms with Gasteiger partial charge >= 0.3 is 5.76 Å². The van der Waals surface area contributed by atoms with Gasteiger partial charge in [-0.25, -0.2) is 4.79 Å². The Hall–Kier alpha value is -2.30. The SMILES string of the molecule is O=c1[nH]c(-c2ccc3ccn(C4CCCC4)c3c2)no1. The van der Waals surface area contributed by atoms with Crippen molar-refractivity contribution in [2.75, 3.05) is 0 Å². The predicted octanol–water partition coefficient (Wildman–Crippen LogP) is 3.10. The zero-order chi connectivity index (χ0) is 13.5. The fourth-order valence-electron chi connectivity index (χ4n) is 3.15. The fraction of sp³-hybridized carbons (Fsp3) is 0.333. The maximum atomic E-state index is 11.1. The summed E-state index contributed by atoms with van der Waals surface area (Å²) in [5.74, 6) is -0.0395. The molecule has 1 fully saturated rings. The van der Waals surface area contributed by atoms with Crippen LogP contribution in [0.5, 0.6) is 0 Å². The van der Waals surface area contributed by atoms with Crippen LogP contribution >= 0.6 is 0 Å². The Labute approximate surface area is 115 Å². The van der Waals surface area contributed by atoms with E-state index >= 15 is 0 Å². The van der Waals surface area contributed by atoms with Crippen LogP contribution in [0.1, 0.15) is 31.7 Å². The molecule has 0 spiro atoms. The number of hydrogen-bond acceptors (Lipinski definition) is 3. The number of hydrogen-bond donors (Lipinski definition) is 1. The van der Waals surface area contributed by atoms with Crippen LogP contribution in [0, 0.1) is 0 Å². The summed E-state index contributed by atoms with van der Waals surface area (Å²) in [4.78, 5) is 13.7. The van der Waals surface area contributed by atoms with Crippen LogP contribution in [0.2, 0.25) is 0 Å². The Kier molecular flexibility index (Phi) is 2.52. The summed E-state index contributed by atoms with van der Waals surface area (Å²) in [6, 6.07) is 8.82. The van der Waals surface area contributed by atoms with E-state index in [0.29, 0.717) is 11.9 Å². The largest absolute Gasteiger partial charge is 0.439 e. The fourth-order valence-corrected chi connectivity index (χ4v) is 3.15. The van der Waals surface area contributed by atoms with Crippen molar-refractivity contribution in [1.29, 1.82) is 0 Å². The number of nitrogens with one attached hydrogen (secondary N) is 1. The number of aromatic nitrogens is 3. The first-order valence-corrected chi connectivity index (χ1v) is 6.98. The molecule has 1 N–H and O–H groups in total. The van der Waals surface area contributed by atoms with Gasteiger partial charge in [0.15, 0.2) is 5.82 Å². The maximum absolute atomic E-state index is 11.1. The Morgan fingerprint density at radius 3 is 2.85 bits per heavy atom. The molecule has 0 atom stereocenters. The van der Waals surface area contributed by atoms with E-state index in [2.05, 4.69) is 43.6 Å². The second-order valence-electron chi connectivity index (χ2n) is 5.38. The van der Waals surface area contributed by atoms with Crippen molar-refractivity contribution in [1.82, 2.24) is 14.7 Å². The second-order valence-corrected chi connectivity index (χ2v) is 5.38. The smallest absolute Gasteiger partial charge is 0.344 e. The lowest BCUT2D eigenvalue weighted by molar-refractivity contribution is 0.388. The van der Waals surface area contributed by atoms with E-state index in [0.717, 1.165) is 5.56 Å². The van der Waals surface area contributed by atoms with Crippen LogP contribution < -0.4 is 5.76 Å². The Bertz CT molecular complexity index is 806. The first-order valence-electron chi connectivity index (χ1n) is 6.98. The first kappa shape index (κ1) is 11.5. The van der Waals surface area contributed by atoms with Crippen molar-refractivity contribution in [3.63, 3.8) is 0 Å². The van der Waals surface area contributed by atoms with E-state index < -0.39 is 5.76 Å². The van der Waals surface area contributed by atoms with Gasteiger partial charge in [0, 0.05) is 23.3 Å². The maximum Gasteiger partial charge on any atom is 0.439 e. The summed E-state index contributed by atoms with van der Waals surface area (Å²) >= 11 is 0. The minimum Gasteiger partial charge on any atom is -0.344 e. The third-order valence-corrected chi connectivity index (χ3v) is 4.16. The quantitative estimate of drug-likeness (QED) is 0.777. The molecule has 2 aromatic heterocycles. The zero-order valence-corrected chi connectivity index (χ0v) is 11.0. The highest BCUT2D eigenvalue weighted by Crippen LogP contribution is 2.33. The highest BCUT2D eigenvalue weighted by molar-refractivity contribution is 5.84. The summed E-state index contributed by atoms with van der Waals surface area (Å²) in [6.45, 7) is 0. The van der Waals surface area contributed by atoms with Crippen LogP contribution in [0.3, 0.4) is 0 Å². The van der Waals surface area contributed by atoms with Crippen molar-refractivity contribution in [3.8, 4) is 11.4 Å². The van der Waals surface area contributed by atoms with E-state index in [1.807, 2.05) is 6.07 Å². The number of H-pyrrole nitrogens is 1. The molecule has 5 nitrogen and oxygen atoms in total. The molecule has 5 heteroatoms. The number of nitrogens with zero attached hydrogens (tertiary/aromatic N) is 2. The summed E-state index contributed by atoms with van der Waals surface area (Å²) in [6.07, 6.45) is 7.26. The molecule has 2 heterocycles. The lowest BCUT2D eigenvalue weighted by atomic mass is 10.1. The molecule has 0 bridgehead atoms. The van der Waals surface area contributed by atoms with Gasteiger partial charge in [-0.2, -0.15) is 0 Å². The van der Waals surface area contributed by atoms with Gasteiger partial charge in [0.25, 0.3) is 0 Å². The molecular weight excluding hydrogens is 254 g/mol. The van der Waals surface area contributed by atoms with Crippen molar-refractivity contribution >= 4 is 10.9 Å². The van der Waals surface area contributed by atoms with Crippen molar-refractivity contribution in [2.45, 2.75) is 31.7 Å². The van der Waals surface area contributed by atoms with Gasteiger partial charge in [-0.3, -0.25) is 9.51 Å². The number of benzene rings is 1. The molecule has 1 aromatic carbocycles. The minimum atomic E-state index is -0.522. The second kappa shape index (κ2) is 4.37. The number of aromatic amines is 1. The van der Waals surface area contributed by atoms with Gasteiger partial charge < -0.3 is 4.57 Å². The van der Waals surface area contributed by atoms with E-state index in [-0.39, 0.29) is 0 Å². The third kappa shape index (κ3) is 1.78. The summed E-state index contributed by atoms with van der Waals surface area (Å²) in [7, 11) is 0.